The average molecular weight is 275 g/mol. The minimum atomic E-state index is -0.557. The summed E-state index contributed by atoms with van der Waals surface area (Å²) >= 11 is 0. The van der Waals surface area contributed by atoms with E-state index in [1.54, 1.807) is 13.0 Å². The lowest BCUT2D eigenvalue weighted by molar-refractivity contribution is -0.127. The highest BCUT2D eigenvalue weighted by Gasteiger charge is 2.19. The van der Waals surface area contributed by atoms with Crippen LogP contribution >= 0.6 is 0 Å². The molecule has 0 aromatic heterocycles. The zero-order valence-electron chi connectivity index (χ0n) is 12.1. The number of carbonyl (C=O) groups excluding carboxylic acids is 2. The number of fused-ring (bicyclic) bond motifs is 1. The first kappa shape index (κ1) is 14.6. The van der Waals surface area contributed by atoms with Crippen LogP contribution < -0.4 is 10.1 Å². The van der Waals surface area contributed by atoms with E-state index in [2.05, 4.69) is 5.32 Å². The summed E-state index contributed by atoms with van der Waals surface area (Å²) in [5.41, 5.74) is 1.83. The van der Waals surface area contributed by atoms with Crippen LogP contribution in [0.15, 0.2) is 18.2 Å². The first-order valence-electron chi connectivity index (χ1n) is 7.22. The number of rotatable bonds is 5. The lowest BCUT2D eigenvalue weighted by Gasteiger charge is -2.18. The van der Waals surface area contributed by atoms with Gasteiger partial charge in [-0.3, -0.25) is 9.59 Å². The number of carbonyl (C=O) groups is 2. The second-order valence-electron chi connectivity index (χ2n) is 5.15. The predicted octanol–water partition coefficient (Wildman–Crippen LogP) is 2.50. The minimum Gasteiger partial charge on any atom is -0.481 e. The standard InChI is InChI=1S/C16H21NO3/c1-3-9-17-16(19)11(2)20-13-8-7-12-5-4-6-15(18)14(12)10-13/h7-8,10-11H,3-6,9H2,1-2H3,(H,17,19). The van der Waals surface area contributed by atoms with E-state index in [9.17, 15) is 9.59 Å². The normalized spacial score (nSPS) is 15.4. The quantitative estimate of drug-likeness (QED) is 0.898. The third-order valence-electron chi connectivity index (χ3n) is 3.46. The first-order valence-corrected chi connectivity index (χ1v) is 7.22. The summed E-state index contributed by atoms with van der Waals surface area (Å²) in [5, 5.41) is 2.79. The Balaban J connectivity index is 2.05. The van der Waals surface area contributed by atoms with Crippen LogP contribution in [-0.2, 0) is 11.2 Å². The van der Waals surface area contributed by atoms with Crippen molar-refractivity contribution in [3.63, 3.8) is 0 Å². The van der Waals surface area contributed by atoms with E-state index in [-0.39, 0.29) is 11.7 Å². The summed E-state index contributed by atoms with van der Waals surface area (Å²) in [7, 11) is 0. The van der Waals surface area contributed by atoms with Gasteiger partial charge in [0.1, 0.15) is 5.75 Å². The van der Waals surface area contributed by atoms with E-state index >= 15 is 0 Å². The Morgan fingerprint density at radius 1 is 1.40 bits per heavy atom. The van der Waals surface area contributed by atoms with Gasteiger partial charge in [-0.15, -0.1) is 0 Å². The largest absolute Gasteiger partial charge is 0.481 e. The number of ketones is 1. The number of hydrogen-bond donors (Lipinski definition) is 1. The number of ether oxygens (including phenoxy) is 1. The predicted molar refractivity (Wildman–Crippen MR) is 77.1 cm³/mol. The third kappa shape index (κ3) is 3.38. The maximum Gasteiger partial charge on any atom is 0.260 e. The fourth-order valence-electron chi connectivity index (χ4n) is 2.33. The molecule has 20 heavy (non-hydrogen) atoms. The van der Waals surface area contributed by atoms with Crippen molar-refractivity contribution in [1.29, 1.82) is 0 Å². The lowest BCUT2D eigenvalue weighted by Crippen LogP contribution is -2.36. The van der Waals surface area contributed by atoms with E-state index in [1.807, 2.05) is 19.1 Å². The molecule has 1 unspecified atom stereocenters. The Morgan fingerprint density at radius 3 is 2.95 bits per heavy atom. The highest BCUT2D eigenvalue weighted by Crippen LogP contribution is 2.25. The molecule has 4 heteroatoms. The van der Waals surface area contributed by atoms with Crippen LogP contribution in [0.4, 0.5) is 0 Å². The molecule has 1 amide bonds. The SMILES string of the molecule is CCCNC(=O)C(C)Oc1ccc2c(c1)C(=O)CCC2. The van der Waals surface area contributed by atoms with Gasteiger partial charge in [0, 0.05) is 18.5 Å². The van der Waals surface area contributed by atoms with Crippen molar-refractivity contribution in [3.8, 4) is 5.75 Å². The molecule has 0 fully saturated rings. The van der Waals surface area contributed by atoms with Crippen molar-refractivity contribution < 1.29 is 14.3 Å². The minimum absolute atomic E-state index is 0.129. The smallest absolute Gasteiger partial charge is 0.260 e. The zero-order chi connectivity index (χ0) is 14.5. The van der Waals surface area contributed by atoms with Crippen LogP contribution in [0.25, 0.3) is 0 Å². The van der Waals surface area contributed by atoms with Crippen LogP contribution in [0.2, 0.25) is 0 Å². The van der Waals surface area contributed by atoms with Gasteiger partial charge in [-0.2, -0.15) is 0 Å². The summed E-state index contributed by atoms with van der Waals surface area (Å²) in [6.07, 6.45) is 2.79. The molecule has 0 saturated heterocycles. The Morgan fingerprint density at radius 2 is 2.20 bits per heavy atom. The highest BCUT2D eigenvalue weighted by molar-refractivity contribution is 5.98. The number of hydrogen-bond acceptors (Lipinski definition) is 3. The highest BCUT2D eigenvalue weighted by atomic mass is 16.5. The topological polar surface area (TPSA) is 55.4 Å². The van der Waals surface area contributed by atoms with Crippen LogP contribution in [0.3, 0.4) is 0 Å². The van der Waals surface area contributed by atoms with E-state index in [0.717, 1.165) is 30.4 Å². The van der Waals surface area contributed by atoms with Crippen molar-refractivity contribution in [3.05, 3.63) is 29.3 Å². The molecular formula is C16H21NO3. The first-order chi connectivity index (χ1) is 9.61. The molecule has 1 aromatic carbocycles. The number of nitrogens with one attached hydrogen (secondary N) is 1. The number of Topliss-reactive ketones (excluding diaryl/α,β-unsaturated/α-hetero) is 1. The molecule has 1 aliphatic rings. The fourth-order valence-corrected chi connectivity index (χ4v) is 2.33. The molecule has 0 spiro atoms. The molecule has 4 nitrogen and oxygen atoms in total. The Labute approximate surface area is 119 Å². The van der Waals surface area contributed by atoms with Gasteiger partial charge >= 0.3 is 0 Å². The molecule has 1 aliphatic carbocycles. The van der Waals surface area contributed by atoms with Gasteiger partial charge < -0.3 is 10.1 Å². The van der Waals surface area contributed by atoms with Crippen LogP contribution in [-0.4, -0.2) is 24.3 Å². The molecule has 108 valence electrons. The van der Waals surface area contributed by atoms with Crippen molar-refractivity contribution in [2.24, 2.45) is 0 Å². The summed E-state index contributed by atoms with van der Waals surface area (Å²) in [6, 6.07) is 5.53. The number of aryl methyl sites for hydroxylation is 1. The second-order valence-corrected chi connectivity index (χ2v) is 5.15. The molecule has 0 bridgehead atoms. The van der Waals surface area contributed by atoms with E-state index in [4.69, 9.17) is 4.74 Å². The summed E-state index contributed by atoms with van der Waals surface area (Å²) in [5.74, 6) is 0.619. The summed E-state index contributed by atoms with van der Waals surface area (Å²) in [6.45, 7) is 4.36. The van der Waals surface area contributed by atoms with Gasteiger partial charge in [-0.1, -0.05) is 13.0 Å². The average Bonchev–Trinajstić information content (AvgIpc) is 2.45. The Kier molecular flexibility index (Phi) is 4.77. The lowest BCUT2D eigenvalue weighted by atomic mass is 9.90. The monoisotopic (exact) mass is 275 g/mol. The molecule has 1 N–H and O–H groups in total. The molecule has 1 atom stereocenters. The van der Waals surface area contributed by atoms with Gasteiger partial charge in [-0.05, 0) is 43.9 Å². The maximum atomic E-state index is 11.9. The molecule has 0 aliphatic heterocycles. The van der Waals surface area contributed by atoms with Crippen LogP contribution in [0.1, 0.15) is 49.0 Å². The maximum absolute atomic E-state index is 11.9. The van der Waals surface area contributed by atoms with Crippen molar-refractivity contribution in [1.82, 2.24) is 5.32 Å². The van der Waals surface area contributed by atoms with Crippen molar-refractivity contribution in [2.75, 3.05) is 6.54 Å². The van der Waals surface area contributed by atoms with E-state index in [0.29, 0.717) is 18.7 Å². The molecule has 2 rings (SSSR count). The number of amides is 1. The van der Waals surface area contributed by atoms with Gasteiger partial charge in [0.2, 0.25) is 0 Å². The third-order valence-corrected chi connectivity index (χ3v) is 3.46. The molecule has 0 radical (unpaired) electrons. The fraction of sp³-hybridized carbons (Fsp3) is 0.500. The Bertz CT molecular complexity index is 510. The van der Waals surface area contributed by atoms with Crippen molar-refractivity contribution >= 4 is 11.7 Å². The van der Waals surface area contributed by atoms with Crippen LogP contribution in [0, 0.1) is 0 Å². The molecular weight excluding hydrogens is 254 g/mol. The summed E-state index contributed by atoms with van der Waals surface area (Å²) < 4.78 is 5.62. The van der Waals surface area contributed by atoms with Gasteiger partial charge in [-0.25, -0.2) is 0 Å². The van der Waals surface area contributed by atoms with E-state index < -0.39 is 6.10 Å². The zero-order valence-corrected chi connectivity index (χ0v) is 12.1. The molecule has 0 saturated carbocycles. The van der Waals surface area contributed by atoms with Crippen molar-refractivity contribution in [2.45, 2.75) is 45.6 Å². The Hall–Kier alpha value is -1.84. The summed E-state index contributed by atoms with van der Waals surface area (Å²) in [4.78, 5) is 23.6. The van der Waals surface area contributed by atoms with E-state index in [1.165, 1.54) is 0 Å². The molecule has 0 heterocycles. The van der Waals surface area contributed by atoms with Gasteiger partial charge in [0.25, 0.3) is 5.91 Å². The van der Waals surface area contributed by atoms with Gasteiger partial charge in [0.15, 0.2) is 11.9 Å². The van der Waals surface area contributed by atoms with Gasteiger partial charge in [0.05, 0.1) is 0 Å². The molecule has 1 aromatic rings. The second kappa shape index (κ2) is 6.55. The number of benzene rings is 1. The van der Waals surface area contributed by atoms with Crippen LogP contribution in [0.5, 0.6) is 5.75 Å².